The molecule has 0 unspecified atom stereocenters. The van der Waals surface area contributed by atoms with E-state index in [4.69, 9.17) is 9.26 Å². The summed E-state index contributed by atoms with van der Waals surface area (Å²) in [5.74, 6) is 0.865. The number of sulfonamides is 1. The molecule has 0 aliphatic rings. The Labute approximate surface area is 164 Å². The van der Waals surface area contributed by atoms with E-state index in [0.717, 1.165) is 0 Å². The maximum absolute atomic E-state index is 12.7. The molecule has 0 fully saturated rings. The van der Waals surface area contributed by atoms with Gasteiger partial charge in [-0.1, -0.05) is 5.16 Å². The van der Waals surface area contributed by atoms with Crippen LogP contribution >= 0.6 is 0 Å². The molecule has 0 spiro atoms. The first-order chi connectivity index (χ1) is 13.0. The largest absolute Gasteiger partial charge is 0.495 e. The summed E-state index contributed by atoms with van der Waals surface area (Å²) in [5, 5.41) is 6.46. The number of nitrogens with one attached hydrogen (secondary N) is 2. The topological polar surface area (TPSA) is 123 Å². The molecule has 1 aromatic heterocycles. The number of carbonyl (C=O) groups is 1. The van der Waals surface area contributed by atoms with Crippen molar-refractivity contribution in [2.45, 2.75) is 51.0 Å². The molecule has 28 heavy (non-hydrogen) atoms. The third kappa shape index (κ3) is 6.03. The van der Waals surface area contributed by atoms with Gasteiger partial charge in [-0.2, -0.15) is 4.98 Å². The summed E-state index contributed by atoms with van der Waals surface area (Å²) in [6, 6.07) is 4.29. The van der Waals surface area contributed by atoms with Crippen LogP contribution in [0.25, 0.3) is 0 Å². The van der Waals surface area contributed by atoms with Gasteiger partial charge in [-0.15, -0.1) is 0 Å². The van der Waals surface area contributed by atoms with Crippen LogP contribution in [0.5, 0.6) is 5.75 Å². The Bertz CT molecular complexity index is 932. The maximum Gasteiger partial charge on any atom is 0.251 e. The monoisotopic (exact) mass is 410 g/mol. The van der Waals surface area contributed by atoms with E-state index in [-0.39, 0.29) is 22.1 Å². The molecular weight excluding hydrogens is 384 g/mol. The molecule has 0 bridgehead atoms. The quantitative estimate of drug-likeness (QED) is 0.636. The minimum Gasteiger partial charge on any atom is -0.495 e. The molecule has 0 saturated heterocycles. The number of rotatable bonds is 8. The van der Waals surface area contributed by atoms with Gasteiger partial charge in [-0.3, -0.25) is 4.79 Å². The fourth-order valence-corrected chi connectivity index (χ4v) is 4.09. The molecule has 2 rings (SSSR count). The SMILES string of the molecule is COc1ccc(C(=O)NCCCc2nc(C)no2)cc1S(=O)(=O)NC(C)(C)C. The highest BCUT2D eigenvalue weighted by atomic mass is 32.2. The van der Waals surface area contributed by atoms with E-state index in [2.05, 4.69) is 20.2 Å². The van der Waals surface area contributed by atoms with E-state index < -0.39 is 15.6 Å². The highest BCUT2D eigenvalue weighted by molar-refractivity contribution is 7.89. The average Bonchev–Trinajstić information content (AvgIpc) is 3.01. The van der Waals surface area contributed by atoms with E-state index in [1.807, 2.05) is 0 Å². The Kier molecular flexibility index (Phi) is 6.78. The summed E-state index contributed by atoms with van der Waals surface area (Å²) < 4.78 is 38.1. The number of amides is 1. The van der Waals surface area contributed by atoms with E-state index in [0.29, 0.717) is 31.1 Å². The van der Waals surface area contributed by atoms with Crippen LogP contribution in [0.4, 0.5) is 0 Å². The fourth-order valence-electron chi connectivity index (χ4n) is 2.47. The molecular formula is C18H26N4O5S. The van der Waals surface area contributed by atoms with Crippen molar-refractivity contribution in [1.29, 1.82) is 0 Å². The van der Waals surface area contributed by atoms with Crippen LogP contribution in [0.15, 0.2) is 27.6 Å². The summed E-state index contributed by atoms with van der Waals surface area (Å²) in [5.41, 5.74) is -0.446. The molecule has 1 heterocycles. The fraction of sp³-hybridized carbons (Fsp3) is 0.500. The normalized spacial score (nSPS) is 12.0. The smallest absolute Gasteiger partial charge is 0.251 e. The first kappa shape index (κ1) is 21.8. The van der Waals surface area contributed by atoms with Gasteiger partial charge in [0.1, 0.15) is 10.6 Å². The molecule has 0 radical (unpaired) electrons. The Hall–Kier alpha value is -2.46. The molecule has 1 amide bonds. The minimum atomic E-state index is -3.86. The van der Waals surface area contributed by atoms with Gasteiger partial charge in [0, 0.05) is 24.1 Å². The van der Waals surface area contributed by atoms with Gasteiger partial charge in [0.05, 0.1) is 7.11 Å². The first-order valence-electron chi connectivity index (χ1n) is 8.81. The van der Waals surface area contributed by atoms with Crippen molar-refractivity contribution in [3.05, 3.63) is 35.5 Å². The van der Waals surface area contributed by atoms with Crippen LogP contribution in [0.1, 0.15) is 49.3 Å². The number of aryl methyl sites for hydroxylation is 2. The van der Waals surface area contributed by atoms with Gasteiger partial charge in [0.2, 0.25) is 15.9 Å². The maximum atomic E-state index is 12.7. The van der Waals surface area contributed by atoms with Gasteiger partial charge in [-0.25, -0.2) is 13.1 Å². The van der Waals surface area contributed by atoms with Crippen molar-refractivity contribution in [3.8, 4) is 5.75 Å². The van der Waals surface area contributed by atoms with Crippen molar-refractivity contribution in [2.75, 3.05) is 13.7 Å². The van der Waals surface area contributed by atoms with Gasteiger partial charge in [-0.05, 0) is 52.3 Å². The number of hydrogen-bond donors (Lipinski definition) is 2. The van der Waals surface area contributed by atoms with Crippen molar-refractivity contribution in [2.24, 2.45) is 0 Å². The number of nitrogens with zero attached hydrogens (tertiary/aromatic N) is 2. The highest BCUT2D eigenvalue weighted by Crippen LogP contribution is 2.26. The van der Waals surface area contributed by atoms with Crippen LogP contribution in [0.3, 0.4) is 0 Å². The number of ether oxygens (including phenoxy) is 1. The van der Waals surface area contributed by atoms with Crippen LogP contribution in [-0.2, 0) is 16.4 Å². The Balaban J connectivity index is 2.07. The predicted molar refractivity (Wildman–Crippen MR) is 103 cm³/mol. The summed E-state index contributed by atoms with van der Waals surface area (Å²) in [4.78, 5) is 16.4. The Morgan fingerprint density at radius 3 is 2.57 bits per heavy atom. The summed E-state index contributed by atoms with van der Waals surface area (Å²) in [6.45, 7) is 7.32. The second kappa shape index (κ2) is 8.70. The number of hydrogen-bond acceptors (Lipinski definition) is 7. The number of benzene rings is 1. The molecule has 0 saturated carbocycles. The molecule has 154 valence electrons. The predicted octanol–water partition coefficient (Wildman–Crippen LogP) is 1.83. The van der Waals surface area contributed by atoms with E-state index in [1.54, 1.807) is 27.7 Å². The van der Waals surface area contributed by atoms with E-state index >= 15 is 0 Å². The van der Waals surface area contributed by atoms with Crippen molar-refractivity contribution < 1.29 is 22.5 Å². The van der Waals surface area contributed by atoms with Gasteiger partial charge in [0.25, 0.3) is 5.91 Å². The third-order valence-electron chi connectivity index (χ3n) is 3.58. The summed E-state index contributed by atoms with van der Waals surface area (Å²) in [6.07, 6.45) is 1.15. The van der Waals surface area contributed by atoms with Crippen molar-refractivity contribution in [3.63, 3.8) is 0 Å². The van der Waals surface area contributed by atoms with E-state index in [1.165, 1.54) is 25.3 Å². The molecule has 10 heteroatoms. The second-order valence-electron chi connectivity index (χ2n) is 7.32. The van der Waals surface area contributed by atoms with Crippen LogP contribution in [-0.4, -0.2) is 43.7 Å². The zero-order chi connectivity index (χ0) is 20.9. The Morgan fingerprint density at radius 2 is 2.00 bits per heavy atom. The lowest BCUT2D eigenvalue weighted by molar-refractivity contribution is 0.0952. The molecule has 0 aliphatic heterocycles. The number of aromatic nitrogens is 2. The number of methoxy groups -OCH3 is 1. The lowest BCUT2D eigenvalue weighted by Gasteiger charge is -2.21. The Morgan fingerprint density at radius 1 is 1.29 bits per heavy atom. The number of carbonyl (C=O) groups excluding carboxylic acids is 1. The molecule has 9 nitrogen and oxygen atoms in total. The third-order valence-corrected chi connectivity index (χ3v) is 5.36. The van der Waals surface area contributed by atoms with Crippen LogP contribution in [0, 0.1) is 6.92 Å². The minimum absolute atomic E-state index is 0.0843. The average molecular weight is 410 g/mol. The molecule has 1 aromatic carbocycles. The summed E-state index contributed by atoms with van der Waals surface area (Å²) >= 11 is 0. The van der Waals surface area contributed by atoms with Gasteiger partial charge < -0.3 is 14.6 Å². The van der Waals surface area contributed by atoms with Crippen LogP contribution in [0.2, 0.25) is 0 Å². The first-order valence-corrected chi connectivity index (χ1v) is 10.3. The molecule has 0 atom stereocenters. The van der Waals surface area contributed by atoms with Crippen molar-refractivity contribution in [1.82, 2.24) is 20.2 Å². The van der Waals surface area contributed by atoms with Gasteiger partial charge in [0.15, 0.2) is 5.82 Å². The molecule has 0 aliphatic carbocycles. The lowest BCUT2D eigenvalue weighted by Crippen LogP contribution is -2.40. The standard InChI is InChI=1S/C18H26N4O5S/c1-12-20-16(27-21-12)7-6-10-19-17(23)13-8-9-14(26-5)15(11-13)28(24,25)22-18(2,3)4/h8-9,11,22H,6-7,10H2,1-5H3,(H,19,23). The van der Waals surface area contributed by atoms with Crippen molar-refractivity contribution >= 4 is 15.9 Å². The molecule has 2 aromatic rings. The van der Waals surface area contributed by atoms with Crippen LogP contribution < -0.4 is 14.8 Å². The van der Waals surface area contributed by atoms with E-state index in [9.17, 15) is 13.2 Å². The lowest BCUT2D eigenvalue weighted by atomic mass is 10.1. The van der Waals surface area contributed by atoms with Gasteiger partial charge >= 0.3 is 0 Å². The highest BCUT2D eigenvalue weighted by Gasteiger charge is 2.26. The second-order valence-corrected chi connectivity index (χ2v) is 8.97. The molecule has 2 N–H and O–H groups in total. The zero-order valence-electron chi connectivity index (χ0n) is 16.7. The zero-order valence-corrected chi connectivity index (χ0v) is 17.5. The summed E-state index contributed by atoms with van der Waals surface area (Å²) in [7, 11) is -2.48.